The predicted octanol–water partition coefficient (Wildman–Crippen LogP) is 3.11. The summed E-state index contributed by atoms with van der Waals surface area (Å²) in [5.41, 5.74) is 0.878. The van der Waals surface area contributed by atoms with E-state index in [1.165, 1.54) is 0 Å². The van der Waals surface area contributed by atoms with E-state index in [4.69, 9.17) is 9.47 Å². The fourth-order valence-corrected chi connectivity index (χ4v) is 4.54. The largest absolute Gasteiger partial charge is 0.495 e. The summed E-state index contributed by atoms with van der Waals surface area (Å²) in [5, 5.41) is 12.0. The van der Waals surface area contributed by atoms with Crippen LogP contribution < -0.4 is 10.1 Å². The first-order valence-electron chi connectivity index (χ1n) is 7.09. The SMILES string of the molecule is COc1c(I)cc(/C=C(\C#N)C(=O)NC[C@H]2CCCO2)cc1I. The molecule has 0 saturated carbocycles. The van der Waals surface area contributed by atoms with Gasteiger partial charge >= 0.3 is 0 Å². The van der Waals surface area contributed by atoms with Crippen LogP contribution in [0.3, 0.4) is 0 Å². The molecule has 1 aromatic rings. The molecule has 1 aromatic carbocycles. The van der Waals surface area contributed by atoms with Crippen molar-refractivity contribution in [3.05, 3.63) is 30.4 Å². The molecular weight excluding hydrogens is 522 g/mol. The molecule has 0 unspecified atom stereocenters. The second-order valence-corrected chi connectivity index (χ2v) is 7.36. The minimum absolute atomic E-state index is 0.0572. The van der Waals surface area contributed by atoms with E-state index >= 15 is 0 Å². The van der Waals surface area contributed by atoms with Crippen LogP contribution in [0, 0.1) is 18.5 Å². The van der Waals surface area contributed by atoms with Crippen LogP contribution in [0.5, 0.6) is 5.75 Å². The van der Waals surface area contributed by atoms with Crippen LogP contribution in [-0.4, -0.2) is 32.3 Å². The Morgan fingerprint density at radius 3 is 2.74 bits per heavy atom. The second kappa shape index (κ2) is 8.84. The van der Waals surface area contributed by atoms with E-state index in [-0.39, 0.29) is 17.6 Å². The molecule has 0 bridgehead atoms. The number of carbonyl (C=O) groups excluding carboxylic acids is 1. The number of methoxy groups -OCH3 is 1. The number of halogens is 2. The van der Waals surface area contributed by atoms with E-state index in [9.17, 15) is 10.1 Å². The van der Waals surface area contributed by atoms with Gasteiger partial charge in [-0.15, -0.1) is 0 Å². The number of nitriles is 1. The van der Waals surface area contributed by atoms with Crippen molar-refractivity contribution in [2.24, 2.45) is 0 Å². The normalized spacial score (nSPS) is 17.7. The average Bonchev–Trinajstić information content (AvgIpc) is 3.03. The smallest absolute Gasteiger partial charge is 0.262 e. The summed E-state index contributed by atoms with van der Waals surface area (Å²) in [6.07, 6.45) is 3.61. The van der Waals surface area contributed by atoms with E-state index in [1.54, 1.807) is 13.2 Å². The van der Waals surface area contributed by atoms with Gasteiger partial charge in [0.25, 0.3) is 5.91 Å². The summed E-state index contributed by atoms with van der Waals surface area (Å²) in [7, 11) is 1.62. The van der Waals surface area contributed by atoms with Gasteiger partial charge in [0.05, 0.1) is 20.4 Å². The topological polar surface area (TPSA) is 71.3 Å². The molecule has 0 spiro atoms. The van der Waals surface area contributed by atoms with Gasteiger partial charge in [0, 0.05) is 13.2 Å². The number of hydrogen-bond acceptors (Lipinski definition) is 4. The molecule has 122 valence electrons. The third kappa shape index (κ3) is 5.06. The van der Waals surface area contributed by atoms with Crippen molar-refractivity contribution in [1.82, 2.24) is 5.32 Å². The molecule has 1 amide bonds. The molecule has 1 N–H and O–H groups in total. The zero-order chi connectivity index (χ0) is 16.8. The molecule has 23 heavy (non-hydrogen) atoms. The zero-order valence-electron chi connectivity index (χ0n) is 12.6. The number of rotatable bonds is 5. The lowest BCUT2D eigenvalue weighted by Gasteiger charge is -2.10. The molecule has 5 nitrogen and oxygen atoms in total. The van der Waals surface area contributed by atoms with Crippen molar-refractivity contribution in [2.75, 3.05) is 20.3 Å². The fourth-order valence-electron chi connectivity index (χ4n) is 2.28. The first-order chi connectivity index (χ1) is 11.0. The minimum atomic E-state index is -0.371. The summed E-state index contributed by atoms with van der Waals surface area (Å²) in [6, 6.07) is 5.73. The van der Waals surface area contributed by atoms with Crippen LogP contribution >= 0.6 is 45.2 Å². The quantitative estimate of drug-likeness (QED) is 0.356. The monoisotopic (exact) mass is 538 g/mol. The van der Waals surface area contributed by atoms with Crippen molar-refractivity contribution >= 4 is 57.2 Å². The number of benzene rings is 1. The highest BCUT2D eigenvalue weighted by Crippen LogP contribution is 2.29. The van der Waals surface area contributed by atoms with Gasteiger partial charge in [-0.2, -0.15) is 5.26 Å². The standard InChI is InChI=1S/C16H16I2N2O3/c1-22-15-13(17)6-10(7-14(15)18)5-11(8-19)16(21)20-9-12-3-2-4-23-12/h5-7,12H,2-4,9H2,1H3,(H,20,21)/b11-5+/t12-/m1/s1. The first-order valence-corrected chi connectivity index (χ1v) is 9.25. The Kier molecular flexibility index (Phi) is 7.10. The van der Waals surface area contributed by atoms with Gasteiger partial charge < -0.3 is 14.8 Å². The third-order valence-corrected chi connectivity index (χ3v) is 5.02. The summed E-state index contributed by atoms with van der Waals surface area (Å²) in [5.74, 6) is 0.425. The van der Waals surface area contributed by atoms with Crippen molar-refractivity contribution < 1.29 is 14.3 Å². The van der Waals surface area contributed by atoms with E-state index in [1.807, 2.05) is 18.2 Å². The van der Waals surface area contributed by atoms with Crippen LogP contribution in [0.2, 0.25) is 0 Å². The maximum absolute atomic E-state index is 12.1. The summed E-state index contributed by atoms with van der Waals surface area (Å²) in [4.78, 5) is 12.1. The molecule has 2 rings (SSSR count). The Bertz CT molecular complexity index is 639. The molecule has 0 radical (unpaired) electrons. The highest BCUT2D eigenvalue weighted by molar-refractivity contribution is 14.1. The van der Waals surface area contributed by atoms with Crippen molar-refractivity contribution in [2.45, 2.75) is 18.9 Å². The van der Waals surface area contributed by atoms with Gasteiger partial charge in [-0.25, -0.2) is 0 Å². The number of carbonyl (C=O) groups is 1. The van der Waals surface area contributed by atoms with Crippen LogP contribution in [0.25, 0.3) is 6.08 Å². The molecule has 1 fully saturated rings. The molecule has 1 aliphatic rings. The van der Waals surface area contributed by atoms with Gasteiger partial charge in [-0.05, 0) is 81.8 Å². The third-order valence-electron chi connectivity index (χ3n) is 3.42. The lowest BCUT2D eigenvalue weighted by atomic mass is 10.1. The minimum Gasteiger partial charge on any atom is -0.495 e. The zero-order valence-corrected chi connectivity index (χ0v) is 16.9. The molecule has 1 saturated heterocycles. The molecule has 0 aliphatic carbocycles. The van der Waals surface area contributed by atoms with E-state index in [2.05, 4.69) is 50.5 Å². The lowest BCUT2D eigenvalue weighted by molar-refractivity contribution is -0.117. The number of amides is 1. The highest BCUT2D eigenvalue weighted by atomic mass is 127. The van der Waals surface area contributed by atoms with Crippen LogP contribution in [0.4, 0.5) is 0 Å². The maximum Gasteiger partial charge on any atom is 0.262 e. The molecule has 0 aromatic heterocycles. The average molecular weight is 538 g/mol. The van der Waals surface area contributed by atoms with Gasteiger partial charge in [0.2, 0.25) is 0 Å². The Hall–Kier alpha value is -0.860. The lowest BCUT2D eigenvalue weighted by Crippen LogP contribution is -2.32. The summed E-state index contributed by atoms with van der Waals surface area (Å²) < 4.78 is 12.6. The maximum atomic E-state index is 12.1. The molecule has 1 aliphatic heterocycles. The number of nitrogens with one attached hydrogen (secondary N) is 1. The van der Waals surface area contributed by atoms with E-state index in [0.717, 1.165) is 37.9 Å². The molecule has 7 heteroatoms. The molecular formula is C16H16I2N2O3. The summed E-state index contributed by atoms with van der Waals surface area (Å²) >= 11 is 4.34. The van der Waals surface area contributed by atoms with Crippen molar-refractivity contribution in [3.63, 3.8) is 0 Å². The van der Waals surface area contributed by atoms with Gasteiger partial charge in [-0.1, -0.05) is 0 Å². The van der Waals surface area contributed by atoms with E-state index < -0.39 is 0 Å². The first kappa shape index (κ1) is 18.5. The van der Waals surface area contributed by atoms with Crippen LogP contribution in [0.1, 0.15) is 18.4 Å². The number of nitrogens with zero attached hydrogens (tertiary/aromatic N) is 1. The highest BCUT2D eigenvalue weighted by Gasteiger charge is 2.17. The van der Waals surface area contributed by atoms with Crippen LogP contribution in [0.15, 0.2) is 17.7 Å². The van der Waals surface area contributed by atoms with Gasteiger partial charge in [-0.3, -0.25) is 4.79 Å². The van der Waals surface area contributed by atoms with Crippen LogP contribution in [-0.2, 0) is 9.53 Å². The van der Waals surface area contributed by atoms with E-state index in [0.29, 0.717) is 6.54 Å². The molecule has 1 atom stereocenters. The Morgan fingerprint density at radius 2 is 2.22 bits per heavy atom. The Labute approximate surface area is 162 Å². The number of ether oxygens (including phenoxy) is 2. The second-order valence-electron chi connectivity index (χ2n) is 5.03. The molecule has 1 heterocycles. The van der Waals surface area contributed by atoms with Gasteiger partial charge in [0.1, 0.15) is 17.4 Å². The predicted molar refractivity (Wildman–Crippen MR) is 104 cm³/mol. The van der Waals surface area contributed by atoms with Crippen molar-refractivity contribution in [3.8, 4) is 11.8 Å². The fraction of sp³-hybridized carbons (Fsp3) is 0.375. The van der Waals surface area contributed by atoms with Crippen molar-refractivity contribution in [1.29, 1.82) is 5.26 Å². The summed E-state index contributed by atoms with van der Waals surface area (Å²) in [6.45, 7) is 1.18. The number of hydrogen-bond donors (Lipinski definition) is 1. The van der Waals surface area contributed by atoms with Gasteiger partial charge in [0.15, 0.2) is 0 Å². The Balaban J connectivity index is 2.11. The Morgan fingerprint density at radius 1 is 1.52 bits per heavy atom.